The highest BCUT2D eigenvalue weighted by Gasteiger charge is 2.28. The Kier molecular flexibility index (Phi) is 5.85. The molecule has 3 rings (SSSR count). The lowest BCUT2D eigenvalue weighted by Gasteiger charge is -2.33. The van der Waals surface area contributed by atoms with Crippen LogP contribution in [0.4, 0.5) is 0 Å². The van der Waals surface area contributed by atoms with Gasteiger partial charge in [-0.05, 0) is 43.9 Å². The zero-order valence-corrected chi connectivity index (χ0v) is 15.4. The van der Waals surface area contributed by atoms with E-state index in [2.05, 4.69) is 42.3 Å². The van der Waals surface area contributed by atoms with Crippen LogP contribution in [0.15, 0.2) is 24.3 Å². The van der Waals surface area contributed by atoms with Gasteiger partial charge in [0.1, 0.15) is 5.01 Å². The lowest BCUT2D eigenvalue weighted by Crippen LogP contribution is -2.42. The number of likely N-dealkylation sites (tertiary alicyclic amines) is 1. The van der Waals surface area contributed by atoms with Gasteiger partial charge in [0.05, 0.1) is 22.8 Å². The molecular weight excluding hydrogens is 318 g/mol. The number of rotatable bonds is 6. The summed E-state index contributed by atoms with van der Waals surface area (Å²) in [4.78, 5) is 19.4. The second-order valence-electron chi connectivity index (χ2n) is 7.03. The van der Waals surface area contributed by atoms with E-state index in [0.29, 0.717) is 12.5 Å². The summed E-state index contributed by atoms with van der Waals surface area (Å²) in [6, 6.07) is 8.58. The Morgan fingerprint density at radius 3 is 3.00 bits per heavy atom. The Morgan fingerprint density at radius 2 is 2.21 bits per heavy atom. The molecule has 4 nitrogen and oxygen atoms in total. The van der Waals surface area contributed by atoms with E-state index in [1.165, 1.54) is 17.5 Å². The summed E-state index contributed by atoms with van der Waals surface area (Å²) in [6.45, 7) is 6.60. The highest BCUT2D eigenvalue weighted by atomic mass is 32.1. The quantitative estimate of drug-likeness (QED) is 0.861. The lowest BCUT2D eigenvalue weighted by molar-refractivity contribution is -0.123. The smallest absolute Gasteiger partial charge is 0.234 e. The first-order chi connectivity index (χ1) is 11.6. The lowest BCUT2D eigenvalue weighted by atomic mass is 10.0. The predicted molar refractivity (Wildman–Crippen MR) is 100 cm³/mol. The van der Waals surface area contributed by atoms with Gasteiger partial charge in [-0.25, -0.2) is 4.98 Å². The van der Waals surface area contributed by atoms with Crippen LogP contribution in [0.2, 0.25) is 0 Å². The van der Waals surface area contributed by atoms with Crippen molar-refractivity contribution in [3.05, 3.63) is 29.3 Å². The number of carbonyl (C=O) groups is 1. The first-order valence-electron chi connectivity index (χ1n) is 8.99. The molecule has 0 saturated carbocycles. The van der Waals surface area contributed by atoms with Gasteiger partial charge >= 0.3 is 0 Å². The molecule has 130 valence electrons. The van der Waals surface area contributed by atoms with Crippen LogP contribution in [-0.4, -0.2) is 35.4 Å². The number of hydrogen-bond acceptors (Lipinski definition) is 4. The molecule has 2 heterocycles. The van der Waals surface area contributed by atoms with Crippen molar-refractivity contribution in [2.75, 3.05) is 19.6 Å². The molecule has 2 aromatic rings. The molecule has 1 aromatic carbocycles. The van der Waals surface area contributed by atoms with Gasteiger partial charge in [-0.3, -0.25) is 9.69 Å². The van der Waals surface area contributed by atoms with Gasteiger partial charge in [-0.15, -0.1) is 11.3 Å². The van der Waals surface area contributed by atoms with Gasteiger partial charge in [0, 0.05) is 6.54 Å². The molecule has 1 fully saturated rings. The minimum absolute atomic E-state index is 0.142. The summed E-state index contributed by atoms with van der Waals surface area (Å²) < 4.78 is 1.24. The van der Waals surface area contributed by atoms with Crippen molar-refractivity contribution >= 4 is 27.5 Å². The van der Waals surface area contributed by atoms with Gasteiger partial charge in [0.25, 0.3) is 0 Å². The standard InChI is InChI=1S/C19H27N3OS/c1-14(2)10-11-20-18(23)13-22-12-6-5-8-16(22)19-21-15-7-3-4-9-17(15)24-19/h3-4,7,9,14,16H,5-6,8,10-13H2,1-2H3,(H,20,23)/t16-/m1/s1. The number of aromatic nitrogens is 1. The van der Waals surface area contributed by atoms with E-state index in [-0.39, 0.29) is 11.9 Å². The monoisotopic (exact) mass is 345 g/mol. The molecule has 5 heteroatoms. The normalized spacial score (nSPS) is 19.0. The maximum Gasteiger partial charge on any atom is 0.234 e. The fourth-order valence-electron chi connectivity index (χ4n) is 3.23. The zero-order chi connectivity index (χ0) is 16.9. The molecule has 1 amide bonds. The van der Waals surface area contributed by atoms with E-state index in [9.17, 15) is 4.79 Å². The molecule has 1 aliphatic rings. The number of fused-ring (bicyclic) bond motifs is 1. The van der Waals surface area contributed by atoms with Gasteiger partial charge in [0.15, 0.2) is 0 Å². The third-order valence-electron chi connectivity index (χ3n) is 4.60. The number of amides is 1. The topological polar surface area (TPSA) is 45.2 Å². The van der Waals surface area contributed by atoms with Crippen molar-refractivity contribution in [3.63, 3.8) is 0 Å². The zero-order valence-electron chi connectivity index (χ0n) is 14.6. The maximum atomic E-state index is 12.3. The van der Waals surface area contributed by atoms with Crippen LogP contribution in [-0.2, 0) is 4.79 Å². The number of carbonyl (C=O) groups excluding carboxylic acids is 1. The third kappa shape index (κ3) is 4.33. The molecular formula is C19H27N3OS. The van der Waals surface area contributed by atoms with Crippen molar-refractivity contribution in [3.8, 4) is 0 Å². The van der Waals surface area contributed by atoms with Crippen molar-refractivity contribution in [1.82, 2.24) is 15.2 Å². The van der Waals surface area contributed by atoms with Gasteiger partial charge in [-0.2, -0.15) is 0 Å². The molecule has 0 unspecified atom stereocenters. The second kappa shape index (κ2) is 8.08. The number of benzene rings is 1. The van der Waals surface area contributed by atoms with E-state index >= 15 is 0 Å². The van der Waals surface area contributed by atoms with Crippen LogP contribution in [0.25, 0.3) is 10.2 Å². The fourth-order valence-corrected chi connectivity index (χ4v) is 4.37. The maximum absolute atomic E-state index is 12.3. The van der Waals surface area contributed by atoms with Gasteiger partial charge in [-0.1, -0.05) is 32.4 Å². The van der Waals surface area contributed by atoms with Crippen LogP contribution in [0, 0.1) is 5.92 Å². The van der Waals surface area contributed by atoms with E-state index in [0.717, 1.165) is 36.5 Å². The third-order valence-corrected chi connectivity index (χ3v) is 5.74. The van der Waals surface area contributed by atoms with Crippen LogP contribution in [0.5, 0.6) is 0 Å². The SMILES string of the molecule is CC(C)CCNC(=O)CN1CCCC[C@@H]1c1nc2ccccc2s1. The minimum Gasteiger partial charge on any atom is -0.355 e. The Hall–Kier alpha value is -1.46. The van der Waals surface area contributed by atoms with Crippen molar-refractivity contribution in [2.24, 2.45) is 5.92 Å². The highest BCUT2D eigenvalue weighted by Crippen LogP contribution is 2.35. The molecule has 0 aliphatic carbocycles. The summed E-state index contributed by atoms with van der Waals surface area (Å²) >= 11 is 1.77. The van der Waals surface area contributed by atoms with Crippen LogP contribution in [0.3, 0.4) is 0 Å². The second-order valence-corrected chi connectivity index (χ2v) is 8.10. The summed E-state index contributed by atoms with van der Waals surface area (Å²) in [5, 5.41) is 4.22. The summed E-state index contributed by atoms with van der Waals surface area (Å²) in [5.41, 5.74) is 1.07. The number of nitrogens with one attached hydrogen (secondary N) is 1. The fraction of sp³-hybridized carbons (Fsp3) is 0.579. The minimum atomic E-state index is 0.142. The Labute approximate surface area is 148 Å². The molecule has 24 heavy (non-hydrogen) atoms. The van der Waals surface area contributed by atoms with Crippen molar-refractivity contribution in [1.29, 1.82) is 0 Å². The molecule has 0 radical (unpaired) electrons. The highest BCUT2D eigenvalue weighted by molar-refractivity contribution is 7.18. The Balaban J connectivity index is 1.65. The molecule has 1 N–H and O–H groups in total. The van der Waals surface area contributed by atoms with E-state index in [1.807, 2.05) is 6.07 Å². The molecule has 1 saturated heterocycles. The first-order valence-corrected chi connectivity index (χ1v) is 9.81. The molecule has 0 spiro atoms. The van der Waals surface area contributed by atoms with Crippen molar-refractivity contribution in [2.45, 2.75) is 45.6 Å². The van der Waals surface area contributed by atoms with Gasteiger partial charge in [0.2, 0.25) is 5.91 Å². The average Bonchev–Trinajstić information content (AvgIpc) is 2.98. The largest absolute Gasteiger partial charge is 0.355 e. The van der Waals surface area contributed by atoms with Crippen molar-refractivity contribution < 1.29 is 4.79 Å². The molecule has 1 atom stereocenters. The summed E-state index contributed by atoms with van der Waals surface area (Å²) in [7, 11) is 0. The summed E-state index contributed by atoms with van der Waals surface area (Å²) in [6.07, 6.45) is 4.51. The Morgan fingerprint density at radius 1 is 1.38 bits per heavy atom. The molecule has 1 aromatic heterocycles. The number of thiazole rings is 1. The Bertz CT molecular complexity index is 649. The molecule has 1 aliphatic heterocycles. The average molecular weight is 346 g/mol. The number of para-hydroxylation sites is 1. The number of nitrogens with zero attached hydrogens (tertiary/aromatic N) is 2. The molecule has 0 bridgehead atoms. The van der Waals surface area contributed by atoms with E-state index < -0.39 is 0 Å². The predicted octanol–water partition coefficient (Wildman–Crippen LogP) is 3.99. The van der Waals surface area contributed by atoms with Crippen LogP contribution >= 0.6 is 11.3 Å². The van der Waals surface area contributed by atoms with Crippen LogP contribution in [0.1, 0.15) is 50.6 Å². The summed E-state index contributed by atoms with van der Waals surface area (Å²) in [5.74, 6) is 0.763. The van der Waals surface area contributed by atoms with E-state index in [1.54, 1.807) is 11.3 Å². The van der Waals surface area contributed by atoms with Gasteiger partial charge < -0.3 is 5.32 Å². The first kappa shape index (κ1) is 17.4. The van der Waals surface area contributed by atoms with Crippen LogP contribution < -0.4 is 5.32 Å². The number of hydrogen-bond donors (Lipinski definition) is 1. The van der Waals surface area contributed by atoms with E-state index in [4.69, 9.17) is 4.98 Å². The number of piperidine rings is 1.